The van der Waals surface area contributed by atoms with Crippen molar-refractivity contribution in [3.8, 4) is 11.5 Å². The number of carbonyl (C=O) groups is 1. The standard InChI is InChI=1S/C24H31ClN2O3/c1-4-13-30-22-20(25)14-19(15-21(22)29-3)23(28)26-17-24(2)11-8-12-27(24)16-18-9-6-5-7-10-18/h5-7,9-10,14-15H,4,8,11-13,16-17H2,1-3H3,(H,26,28). The molecule has 1 heterocycles. The zero-order valence-corrected chi connectivity index (χ0v) is 18.8. The van der Waals surface area contributed by atoms with Crippen LogP contribution in [0.1, 0.15) is 49.0 Å². The number of ether oxygens (including phenoxy) is 2. The first-order valence-electron chi connectivity index (χ1n) is 10.5. The first kappa shape index (κ1) is 22.4. The molecule has 5 nitrogen and oxygen atoms in total. The van der Waals surface area contributed by atoms with E-state index < -0.39 is 0 Å². The zero-order valence-electron chi connectivity index (χ0n) is 18.0. The first-order valence-corrected chi connectivity index (χ1v) is 10.9. The minimum atomic E-state index is -0.162. The van der Waals surface area contributed by atoms with Gasteiger partial charge in [0.15, 0.2) is 11.5 Å². The molecule has 1 fully saturated rings. The van der Waals surface area contributed by atoms with Crippen molar-refractivity contribution in [1.82, 2.24) is 10.2 Å². The lowest BCUT2D eigenvalue weighted by Crippen LogP contribution is -2.49. The molecule has 0 radical (unpaired) electrons. The van der Waals surface area contributed by atoms with Crippen molar-refractivity contribution in [3.63, 3.8) is 0 Å². The molecular formula is C24H31ClN2O3. The third-order valence-corrected chi connectivity index (χ3v) is 5.98. The Bertz CT molecular complexity index is 859. The maximum absolute atomic E-state index is 12.9. The van der Waals surface area contributed by atoms with Gasteiger partial charge in [0.1, 0.15) is 0 Å². The summed E-state index contributed by atoms with van der Waals surface area (Å²) < 4.78 is 11.1. The van der Waals surface area contributed by atoms with Crippen molar-refractivity contribution in [3.05, 3.63) is 58.6 Å². The second-order valence-corrected chi connectivity index (χ2v) is 8.44. The summed E-state index contributed by atoms with van der Waals surface area (Å²) >= 11 is 6.37. The van der Waals surface area contributed by atoms with Gasteiger partial charge in [0, 0.05) is 24.2 Å². The van der Waals surface area contributed by atoms with E-state index in [-0.39, 0.29) is 11.4 Å². The summed E-state index contributed by atoms with van der Waals surface area (Å²) in [6, 6.07) is 13.8. The van der Waals surface area contributed by atoms with Gasteiger partial charge in [-0.05, 0) is 50.4 Å². The van der Waals surface area contributed by atoms with E-state index in [1.165, 1.54) is 5.56 Å². The van der Waals surface area contributed by atoms with E-state index in [0.29, 0.717) is 35.2 Å². The van der Waals surface area contributed by atoms with Crippen LogP contribution in [0.2, 0.25) is 5.02 Å². The number of hydrogen-bond acceptors (Lipinski definition) is 4. The van der Waals surface area contributed by atoms with Gasteiger partial charge in [-0.2, -0.15) is 0 Å². The molecule has 6 heteroatoms. The van der Waals surface area contributed by atoms with Crippen LogP contribution >= 0.6 is 11.6 Å². The fourth-order valence-corrected chi connectivity index (χ4v) is 4.19. The van der Waals surface area contributed by atoms with E-state index >= 15 is 0 Å². The number of halogens is 1. The molecule has 0 aliphatic carbocycles. The molecular weight excluding hydrogens is 400 g/mol. The number of hydrogen-bond donors (Lipinski definition) is 1. The van der Waals surface area contributed by atoms with Crippen LogP contribution in [0.5, 0.6) is 11.5 Å². The Kier molecular flexibility index (Phi) is 7.62. The number of nitrogens with one attached hydrogen (secondary N) is 1. The maximum Gasteiger partial charge on any atom is 0.251 e. The van der Waals surface area contributed by atoms with Crippen LogP contribution in [0.3, 0.4) is 0 Å². The first-order chi connectivity index (χ1) is 14.5. The minimum absolute atomic E-state index is 0.0798. The van der Waals surface area contributed by atoms with Crippen molar-refractivity contribution < 1.29 is 14.3 Å². The number of amides is 1. The molecule has 1 aliphatic heterocycles. The van der Waals surface area contributed by atoms with Gasteiger partial charge in [0.2, 0.25) is 0 Å². The summed E-state index contributed by atoms with van der Waals surface area (Å²) in [7, 11) is 1.55. The molecule has 1 amide bonds. The number of nitrogens with zero attached hydrogens (tertiary/aromatic N) is 1. The lowest BCUT2D eigenvalue weighted by molar-refractivity contribution is 0.0897. The van der Waals surface area contributed by atoms with E-state index in [4.69, 9.17) is 21.1 Å². The van der Waals surface area contributed by atoms with Crippen LogP contribution in [-0.4, -0.2) is 43.2 Å². The average Bonchev–Trinajstić information content (AvgIpc) is 3.11. The zero-order chi connectivity index (χ0) is 21.6. The summed E-state index contributed by atoms with van der Waals surface area (Å²) in [4.78, 5) is 15.3. The van der Waals surface area contributed by atoms with E-state index in [9.17, 15) is 4.79 Å². The Morgan fingerprint density at radius 1 is 1.27 bits per heavy atom. The summed E-state index contributed by atoms with van der Waals surface area (Å²) in [6.07, 6.45) is 3.04. The van der Waals surface area contributed by atoms with Crippen LogP contribution in [0, 0.1) is 0 Å². The van der Waals surface area contributed by atoms with Crippen LogP contribution < -0.4 is 14.8 Å². The topological polar surface area (TPSA) is 50.8 Å². The normalized spacial score (nSPS) is 18.9. The molecule has 2 aromatic carbocycles. The Morgan fingerprint density at radius 2 is 2.03 bits per heavy atom. The van der Waals surface area contributed by atoms with Crippen molar-refractivity contribution in [2.75, 3.05) is 26.8 Å². The molecule has 1 atom stereocenters. The van der Waals surface area contributed by atoms with Crippen LogP contribution in [0.4, 0.5) is 0 Å². The molecule has 1 aliphatic rings. The van der Waals surface area contributed by atoms with Crippen molar-refractivity contribution in [2.24, 2.45) is 0 Å². The minimum Gasteiger partial charge on any atom is -0.493 e. The highest BCUT2D eigenvalue weighted by molar-refractivity contribution is 6.32. The van der Waals surface area contributed by atoms with Gasteiger partial charge in [-0.3, -0.25) is 9.69 Å². The van der Waals surface area contributed by atoms with Crippen molar-refractivity contribution in [1.29, 1.82) is 0 Å². The fourth-order valence-electron chi connectivity index (χ4n) is 3.92. The number of likely N-dealkylation sites (tertiary alicyclic amines) is 1. The van der Waals surface area contributed by atoms with Crippen molar-refractivity contribution >= 4 is 17.5 Å². The molecule has 162 valence electrons. The molecule has 0 saturated carbocycles. The largest absolute Gasteiger partial charge is 0.493 e. The van der Waals surface area contributed by atoms with Gasteiger partial charge < -0.3 is 14.8 Å². The van der Waals surface area contributed by atoms with Crippen LogP contribution in [-0.2, 0) is 6.54 Å². The molecule has 1 N–H and O–H groups in total. The highest BCUT2D eigenvalue weighted by Crippen LogP contribution is 2.36. The molecule has 0 aromatic heterocycles. The predicted octanol–water partition coefficient (Wildman–Crippen LogP) is 4.92. The quantitative estimate of drug-likeness (QED) is 0.613. The van der Waals surface area contributed by atoms with Crippen LogP contribution in [0.25, 0.3) is 0 Å². The smallest absolute Gasteiger partial charge is 0.251 e. The molecule has 1 unspecified atom stereocenters. The third-order valence-electron chi connectivity index (χ3n) is 5.70. The Morgan fingerprint density at radius 3 is 2.73 bits per heavy atom. The number of benzene rings is 2. The van der Waals surface area contributed by atoms with Gasteiger partial charge >= 0.3 is 0 Å². The fraction of sp³-hybridized carbons (Fsp3) is 0.458. The monoisotopic (exact) mass is 430 g/mol. The molecule has 0 bridgehead atoms. The summed E-state index contributed by atoms with van der Waals surface area (Å²) in [5, 5.41) is 3.48. The van der Waals surface area contributed by atoms with Gasteiger partial charge in [-0.1, -0.05) is 48.9 Å². The second kappa shape index (κ2) is 10.2. The SMILES string of the molecule is CCCOc1c(Cl)cc(C(=O)NCC2(C)CCCN2Cc2ccccc2)cc1OC. The molecule has 3 rings (SSSR count). The number of methoxy groups -OCH3 is 1. The highest BCUT2D eigenvalue weighted by atomic mass is 35.5. The van der Waals surface area contributed by atoms with Crippen molar-refractivity contribution in [2.45, 2.75) is 45.2 Å². The molecule has 0 spiro atoms. The number of rotatable bonds is 9. The van der Waals surface area contributed by atoms with E-state index in [2.05, 4.69) is 41.4 Å². The lowest BCUT2D eigenvalue weighted by Gasteiger charge is -2.35. The average molecular weight is 431 g/mol. The molecule has 30 heavy (non-hydrogen) atoms. The van der Waals surface area contributed by atoms with Gasteiger partial charge in [0.25, 0.3) is 5.91 Å². The van der Waals surface area contributed by atoms with E-state index in [0.717, 1.165) is 32.4 Å². The Labute approximate surface area is 184 Å². The highest BCUT2D eigenvalue weighted by Gasteiger charge is 2.36. The molecule has 1 saturated heterocycles. The van der Waals surface area contributed by atoms with Gasteiger partial charge in [-0.25, -0.2) is 0 Å². The Hall–Kier alpha value is -2.24. The third kappa shape index (κ3) is 5.27. The van der Waals surface area contributed by atoms with Crippen LogP contribution in [0.15, 0.2) is 42.5 Å². The number of carbonyl (C=O) groups excluding carboxylic acids is 1. The maximum atomic E-state index is 12.9. The Balaban J connectivity index is 1.67. The van der Waals surface area contributed by atoms with E-state index in [1.807, 2.05) is 13.0 Å². The lowest BCUT2D eigenvalue weighted by atomic mass is 9.98. The predicted molar refractivity (Wildman–Crippen MR) is 121 cm³/mol. The van der Waals surface area contributed by atoms with Gasteiger partial charge in [0.05, 0.1) is 18.7 Å². The summed E-state index contributed by atoms with van der Waals surface area (Å²) in [5.74, 6) is 0.790. The van der Waals surface area contributed by atoms with E-state index in [1.54, 1.807) is 19.2 Å². The summed E-state index contributed by atoms with van der Waals surface area (Å²) in [6.45, 7) is 7.27. The summed E-state index contributed by atoms with van der Waals surface area (Å²) in [5.41, 5.74) is 1.68. The second-order valence-electron chi connectivity index (χ2n) is 8.03. The molecule has 2 aromatic rings. The van der Waals surface area contributed by atoms with Gasteiger partial charge in [-0.15, -0.1) is 0 Å².